The van der Waals surface area contributed by atoms with Crippen molar-refractivity contribution in [3.63, 3.8) is 0 Å². The molecule has 23 heavy (non-hydrogen) atoms. The zero-order valence-electron chi connectivity index (χ0n) is 13.6. The number of anilines is 1. The summed E-state index contributed by atoms with van der Waals surface area (Å²) in [5.41, 5.74) is 1.28. The van der Waals surface area contributed by atoms with Gasteiger partial charge in [-0.25, -0.2) is 0 Å². The minimum Gasteiger partial charge on any atom is -0.369 e. The van der Waals surface area contributed by atoms with Crippen molar-refractivity contribution in [2.75, 3.05) is 11.4 Å². The molecule has 1 aliphatic carbocycles. The lowest BCUT2D eigenvalue weighted by Gasteiger charge is -2.36. The molecule has 1 atom stereocenters. The van der Waals surface area contributed by atoms with Gasteiger partial charge in [0.1, 0.15) is 5.41 Å². The van der Waals surface area contributed by atoms with Crippen LogP contribution in [0.2, 0.25) is 0 Å². The second-order valence-corrected chi connectivity index (χ2v) is 6.69. The Morgan fingerprint density at radius 1 is 1.30 bits per heavy atom. The molecule has 0 amide bonds. The van der Waals surface area contributed by atoms with Crippen LogP contribution >= 0.6 is 0 Å². The SMILES string of the molecule is CCC(C)N1CCCc2c(C#CC3(C(F)(F)F)CC3)cccc21. The zero-order valence-corrected chi connectivity index (χ0v) is 13.6. The minimum atomic E-state index is -4.21. The highest BCUT2D eigenvalue weighted by atomic mass is 19.4. The molecule has 0 saturated heterocycles. The molecule has 0 radical (unpaired) electrons. The zero-order chi connectivity index (χ0) is 16.7. The van der Waals surface area contributed by atoms with Crippen LogP contribution in [0.4, 0.5) is 18.9 Å². The summed E-state index contributed by atoms with van der Waals surface area (Å²) in [5, 5.41) is 0. The van der Waals surface area contributed by atoms with Gasteiger partial charge in [0.25, 0.3) is 0 Å². The van der Waals surface area contributed by atoms with Gasteiger partial charge in [-0.2, -0.15) is 13.2 Å². The van der Waals surface area contributed by atoms with Crippen molar-refractivity contribution in [3.8, 4) is 11.8 Å². The lowest BCUT2D eigenvalue weighted by molar-refractivity contribution is -0.168. The summed E-state index contributed by atoms with van der Waals surface area (Å²) in [6, 6.07) is 6.28. The molecule has 124 valence electrons. The first kappa shape index (κ1) is 16.2. The molecule has 3 rings (SSSR count). The van der Waals surface area contributed by atoms with Gasteiger partial charge in [0.2, 0.25) is 0 Å². The molecular weight excluding hydrogens is 299 g/mol. The molecule has 1 nitrogen and oxygen atoms in total. The van der Waals surface area contributed by atoms with Crippen LogP contribution in [0.25, 0.3) is 0 Å². The highest BCUT2D eigenvalue weighted by Gasteiger charge is 2.62. The molecule has 1 aromatic carbocycles. The van der Waals surface area contributed by atoms with Crippen molar-refractivity contribution >= 4 is 5.69 Å². The Labute approximate surface area is 135 Å². The van der Waals surface area contributed by atoms with E-state index in [1.54, 1.807) is 0 Å². The summed E-state index contributed by atoms with van der Waals surface area (Å²) < 4.78 is 39.1. The third-order valence-electron chi connectivity index (χ3n) is 5.14. The van der Waals surface area contributed by atoms with Crippen molar-refractivity contribution in [1.82, 2.24) is 0 Å². The Bertz CT molecular complexity index is 647. The van der Waals surface area contributed by atoms with Crippen molar-refractivity contribution in [2.24, 2.45) is 5.41 Å². The number of rotatable bonds is 2. The van der Waals surface area contributed by atoms with Gasteiger partial charge in [0.15, 0.2) is 0 Å². The van der Waals surface area contributed by atoms with E-state index in [4.69, 9.17) is 0 Å². The quantitative estimate of drug-likeness (QED) is 0.698. The average Bonchev–Trinajstić information content (AvgIpc) is 3.32. The summed E-state index contributed by atoms with van der Waals surface area (Å²) in [6.07, 6.45) is -0.967. The average molecular weight is 321 g/mol. The number of halogens is 3. The van der Waals surface area contributed by atoms with E-state index in [1.807, 2.05) is 12.1 Å². The molecule has 1 fully saturated rings. The first-order valence-electron chi connectivity index (χ1n) is 8.36. The summed E-state index contributed by atoms with van der Waals surface area (Å²) in [5.74, 6) is 5.40. The monoisotopic (exact) mass is 321 g/mol. The Hall–Kier alpha value is -1.63. The first-order valence-corrected chi connectivity index (χ1v) is 8.36. The van der Waals surface area contributed by atoms with E-state index in [0.717, 1.165) is 42.6 Å². The first-order chi connectivity index (χ1) is 10.9. The molecule has 0 aromatic heterocycles. The molecule has 4 heteroatoms. The van der Waals surface area contributed by atoms with Crippen LogP contribution in [-0.4, -0.2) is 18.8 Å². The van der Waals surface area contributed by atoms with Crippen LogP contribution in [-0.2, 0) is 6.42 Å². The molecular formula is C19H22F3N. The highest BCUT2D eigenvalue weighted by molar-refractivity contribution is 5.63. The standard InChI is InChI=1S/C19H22F3N/c1-3-14(2)23-13-5-7-16-15(6-4-8-17(16)23)9-10-18(11-12-18)19(20,21)22/h4,6,8,14H,3,5,7,11-13H2,1-2H3. The smallest absolute Gasteiger partial charge is 0.369 e. The Morgan fingerprint density at radius 3 is 2.65 bits per heavy atom. The largest absolute Gasteiger partial charge is 0.405 e. The third kappa shape index (κ3) is 2.94. The maximum absolute atomic E-state index is 13.0. The summed E-state index contributed by atoms with van der Waals surface area (Å²) in [6.45, 7) is 5.35. The third-order valence-corrected chi connectivity index (χ3v) is 5.14. The van der Waals surface area contributed by atoms with E-state index in [2.05, 4.69) is 36.7 Å². The molecule has 0 bridgehead atoms. The molecule has 1 saturated carbocycles. The van der Waals surface area contributed by atoms with Gasteiger partial charge in [-0.1, -0.05) is 24.8 Å². The number of hydrogen-bond donors (Lipinski definition) is 0. The van der Waals surface area contributed by atoms with Gasteiger partial charge in [-0.3, -0.25) is 0 Å². The number of fused-ring (bicyclic) bond motifs is 1. The van der Waals surface area contributed by atoms with Gasteiger partial charge >= 0.3 is 6.18 Å². The van der Waals surface area contributed by atoms with E-state index in [-0.39, 0.29) is 12.8 Å². The predicted octanol–water partition coefficient (Wildman–Crippen LogP) is 4.93. The van der Waals surface area contributed by atoms with E-state index in [9.17, 15) is 13.2 Å². The number of nitrogens with zero attached hydrogens (tertiary/aromatic N) is 1. The topological polar surface area (TPSA) is 3.24 Å². The van der Waals surface area contributed by atoms with Crippen molar-refractivity contribution < 1.29 is 13.2 Å². The number of benzene rings is 1. The van der Waals surface area contributed by atoms with Crippen LogP contribution in [0.3, 0.4) is 0 Å². The van der Waals surface area contributed by atoms with Gasteiger partial charge in [0.05, 0.1) is 0 Å². The Kier molecular flexibility index (Phi) is 4.08. The molecule has 1 unspecified atom stereocenters. The molecule has 0 spiro atoms. The van der Waals surface area contributed by atoms with Crippen molar-refractivity contribution in [1.29, 1.82) is 0 Å². The molecule has 0 N–H and O–H groups in total. The Morgan fingerprint density at radius 2 is 2.04 bits per heavy atom. The molecule has 1 aliphatic heterocycles. The maximum Gasteiger partial charge on any atom is 0.405 e. The van der Waals surface area contributed by atoms with Gasteiger partial charge in [0, 0.05) is 23.8 Å². The van der Waals surface area contributed by atoms with Crippen LogP contribution in [0, 0.1) is 17.3 Å². The summed E-state index contributed by atoms with van der Waals surface area (Å²) >= 11 is 0. The van der Waals surface area contributed by atoms with Crippen LogP contribution < -0.4 is 4.90 Å². The van der Waals surface area contributed by atoms with Gasteiger partial charge < -0.3 is 4.90 Å². The fraction of sp³-hybridized carbons (Fsp3) is 0.579. The molecule has 1 heterocycles. The minimum absolute atomic E-state index is 0.136. The summed E-state index contributed by atoms with van der Waals surface area (Å²) in [7, 11) is 0. The molecule has 2 aliphatic rings. The van der Waals surface area contributed by atoms with E-state index in [0.29, 0.717) is 6.04 Å². The van der Waals surface area contributed by atoms with Crippen molar-refractivity contribution in [2.45, 2.75) is 58.2 Å². The van der Waals surface area contributed by atoms with Gasteiger partial charge in [-0.05, 0) is 56.7 Å². The second kappa shape index (κ2) is 5.78. The highest BCUT2D eigenvalue weighted by Crippen LogP contribution is 2.57. The Balaban J connectivity index is 1.95. The molecule has 1 aromatic rings. The van der Waals surface area contributed by atoms with Gasteiger partial charge in [-0.15, -0.1) is 0 Å². The predicted molar refractivity (Wildman–Crippen MR) is 86.5 cm³/mol. The number of hydrogen-bond acceptors (Lipinski definition) is 1. The normalized spacial score (nSPS) is 20.3. The van der Waals surface area contributed by atoms with Crippen LogP contribution in [0.5, 0.6) is 0 Å². The fourth-order valence-electron chi connectivity index (χ4n) is 3.24. The van der Waals surface area contributed by atoms with E-state index in [1.165, 1.54) is 0 Å². The van der Waals surface area contributed by atoms with Crippen molar-refractivity contribution in [3.05, 3.63) is 29.3 Å². The lowest BCUT2D eigenvalue weighted by Crippen LogP contribution is -2.37. The summed E-state index contributed by atoms with van der Waals surface area (Å²) in [4.78, 5) is 2.36. The van der Waals surface area contributed by atoms with Crippen LogP contribution in [0.1, 0.15) is 50.7 Å². The van der Waals surface area contributed by atoms with Crippen LogP contribution in [0.15, 0.2) is 18.2 Å². The fourth-order valence-corrected chi connectivity index (χ4v) is 3.24. The van der Waals surface area contributed by atoms with E-state index < -0.39 is 11.6 Å². The maximum atomic E-state index is 13.0. The second-order valence-electron chi connectivity index (χ2n) is 6.69. The number of alkyl halides is 3. The lowest BCUT2D eigenvalue weighted by atomic mass is 9.94. The van der Waals surface area contributed by atoms with E-state index >= 15 is 0 Å².